The van der Waals surface area contributed by atoms with Crippen LogP contribution in [0.25, 0.3) is 0 Å². The molecule has 0 saturated heterocycles. The molecular formula is C11H15N3. The van der Waals surface area contributed by atoms with Gasteiger partial charge in [-0.15, -0.1) is 0 Å². The molecule has 0 aromatic heterocycles. The molecule has 0 unspecified atom stereocenters. The molecule has 0 N–H and O–H groups in total. The van der Waals surface area contributed by atoms with Gasteiger partial charge in [0, 0.05) is 19.3 Å². The monoisotopic (exact) mass is 189 g/mol. The number of nitriles is 3. The molecule has 0 aliphatic heterocycles. The maximum absolute atomic E-state index is 8.50. The largest absolute Gasteiger partial charge is 0.198 e. The van der Waals surface area contributed by atoms with E-state index in [4.69, 9.17) is 15.8 Å². The number of unbranched alkanes of at least 4 members (excludes halogenated alkanes) is 3. The minimum atomic E-state index is 0.229. The first-order chi connectivity index (χ1) is 6.85. The molecule has 0 aromatic rings. The summed E-state index contributed by atoms with van der Waals surface area (Å²) < 4.78 is 0. The Morgan fingerprint density at radius 2 is 1.43 bits per heavy atom. The normalized spacial score (nSPS) is 9.00. The van der Waals surface area contributed by atoms with Crippen molar-refractivity contribution in [3.8, 4) is 18.2 Å². The Bertz CT molecular complexity index is 235. The molecule has 14 heavy (non-hydrogen) atoms. The Labute approximate surface area is 85.6 Å². The molecule has 0 heterocycles. The fraction of sp³-hybridized carbons (Fsp3) is 0.727. The van der Waals surface area contributed by atoms with Gasteiger partial charge in [0.15, 0.2) is 0 Å². The van der Waals surface area contributed by atoms with Crippen LogP contribution in [0.1, 0.15) is 44.9 Å². The average Bonchev–Trinajstić information content (AvgIpc) is 2.18. The first-order valence-electron chi connectivity index (χ1n) is 4.96. The Balaban J connectivity index is 3.48. The van der Waals surface area contributed by atoms with Gasteiger partial charge < -0.3 is 0 Å². The summed E-state index contributed by atoms with van der Waals surface area (Å²) in [5, 5.41) is 25.3. The Hall–Kier alpha value is -1.53. The van der Waals surface area contributed by atoms with Crippen LogP contribution in [-0.4, -0.2) is 0 Å². The summed E-state index contributed by atoms with van der Waals surface area (Å²) in [4.78, 5) is 0. The molecule has 0 amide bonds. The van der Waals surface area contributed by atoms with E-state index < -0.39 is 0 Å². The lowest BCUT2D eigenvalue weighted by Crippen LogP contribution is -1.98. The van der Waals surface area contributed by atoms with E-state index in [2.05, 4.69) is 18.2 Å². The molecule has 0 atom stereocenters. The van der Waals surface area contributed by atoms with Crippen molar-refractivity contribution < 1.29 is 0 Å². The van der Waals surface area contributed by atoms with Gasteiger partial charge in [0.2, 0.25) is 0 Å². The summed E-state index contributed by atoms with van der Waals surface area (Å²) in [6, 6.07) is 6.30. The summed E-state index contributed by atoms with van der Waals surface area (Å²) in [5.41, 5.74) is 0. The van der Waals surface area contributed by atoms with Crippen LogP contribution < -0.4 is 0 Å². The first kappa shape index (κ1) is 12.5. The second kappa shape index (κ2) is 9.56. The van der Waals surface area contributed by atoms with Crippen molar-refractivity contribution in [3.63, 3.8) is 0 Å². The highest BCUT2D eigenvalue weighted by atomic mass is 14.3. The molecule has 0 bridgehead atoms. The van der Waals surface area contributed by atoms with Crippen molar-refractivity contribution in [2.75, 3.05) is 0 Å². The number of hydrogen-bond donors (Lipinski definition) is 0. The fourth-order valence-electron chi connectivity index (χ4n) is 1.35. The van der Waals surface area contributed by atoms with Crippen LogP contribution in [0, 0.1) is 39.9 Å². The maximum atomic E-state index is 8.50. The lowest BCUT2D eigenvalue weighted by molar-refractivity contribution is 0.472. The third-order valence-corrected chi connectivity index (χ3v) is 2.16. The van der Waals surface area contributed by atoms with Gasteiger partial charge in [0.25, 0.3) is 0 Å². The van der Waals surface area contributed by atoms with Crippen LogP contribution in [0.5, 0.6) is 0 Å². The first-order valence-corrected chi connectivity index (χ1v) is 4.96. The van der Waals surface area contributed by atoms with E-state index in [1.165, 1.54) is 0 Å². The van der Waals surface area contributed by atoms with E-state index in [1.807, 2.05) is 0 Å². The predicted octanol–water partition coefficient (Wildman–Crippen LogP) is 2.90. The van der Waals surface area contributed by atoms with Crippen molar-refractivity contribution in [1.82, 2.24) is 0 Å². The second-order valence-corrected chi connectivity index (χ2v) is 3.35. The second-order valence-electron chi connectivity index (χ2n) is 3.35. The lowest BCUT2D eigenvalue weighted by atomic mass is 9.95. The van der Waals surface area contributed by atoms with Crippen molar-refractivity contribution >= 4 is 0 Å². The summed E-state index contributed by atoms with van der Waals surface area (Å²) in [5.74, 6) is 0.229. The smallest absolute Gasteiger partial charge is 0.0625 e. The molecule has 3 heteroatoms. The zero-order valence-electron chi connectivity index (χ0n) is 8.37. The van der Waals surface area contributed by atoms with Crippen LogP contribution in [-0.2, 0) is 0 Å². The van der Waals surface area contributed by atoms with Gasteiger partial charge in [0.1, 0.15) is 0 Å². The Kier molecular flexibility index (Phi) is 8.51. The number of nitrogens with zero attached hydrogens (tertiary/aromatic N) is 3. The van der Waals surface area contributed by atoms with Gasteiger partial charge in [-0.25, -0.2) is 0 Å². The molecule has 0 saturated carbocycles. The van der Waals surface area contributed by atoms with Gasteiger partial charge in [-0.05, 0) is 18.8 Å². The summed E-state index contributed by atoms with van der Waals surface area (Å²) in [6.45, 7) is 0. The molecule has 3 nitrogen and oxygen atoms in total. The van der Waals surface area contributed by atoms with Gasteiger partial charge in [-0.3, -0.25) is 0 Å². The molecule has 0 spiro atoms. The topological polar surface area (TPSA) is 71.4 Å². The summed E-state index contributed by atoms with van der Waals surface area (Å²) in [6.07, 6.45) is 5.49. The maximum Gasteiger partial charge on any atom is 0.0625 e. The standard InChI is InChI=1S/C11H15N3/c12-8-4-2-1-3-5-11(6-9-13)7-10-14/h11H,1-7H2. The summed E-state index contributed by atoms with van der Waals surface area (Å²) >= 11 is 0. The molecule has 74 valence electrons. The number of rotatable bonds is 7. The van der Waals surface area contributed by atoms with E-state index >= 15 is 0 Å². The van der Waals surface area contributed by atoms with E-state index in [0.29, 0.717) is 19.3 Å². The molecule has 0 aliphatic carbocycles. The van der Waals surface area contributed by atoms with Crippen LogP contribution >= 0.6 is 0 Å². The zero-order valence-corrected chi connectivity index (χ0v) is 8.37. The lowest BCUT2D eigenvalue weighted by Gasteiger charge is -2.07. The quantitative estimate of drug-likeness (QED) is 0.578. The third-order valence-electron chi connectivity index (χ3n) is 2.16. The van der Waals surface area contributed by atoms with Crippen LogP contribution in [0.4, 0.5) is 0 Å². The Morgan fingerprint density at radius 1 is 0.786 bits per heavy atom. The SMILES string of the molecule is N#CCCCCCC(CC#N)CC#N. The van der Waals surface area contributed by atoms with E-state index in [9.17, 15) is 0 Å². The van der Waals surface area contributed by atoms with Gasteiger partial charge in [-0.1, -0.05) is 12.8 Å². The highest BCUT2D eigenvalue weighted by Gasteiger charge is 2.06. The minimum absolute atomic E-state index is 0.229. The van der Waals surface area contributed by atoms with Crippen LogP contribution in [0.2, 0.25) is 0 Å². The predicted molar refractivity (Wildman–Crippen MR) is 52.6 cm³/mol. The van der Waals surface area contributed by atoms with Crippen molar-refractivity contribution in [2.45, 2.75) is 44.9 Å². The Morgan fingerprint density at radius 3 is 1.93 bits per heavy atom. The fourth-order valence-corrected chi connectivity index (χ4v) is 1.35. The molecule has 0 fully saturated rings. The van der Waals surface area contributed by atoms with Crippen molar-refractivity contribution in [3.05, 3.63) is 0 Å². The van der Waals surface area contributed by atoms with E-state index in [1.54, 1.807) is 0 Å². The van der Waals surface area contributed by atoms with Crippen LogP contribution in [0.3, 0.4) is 0 Å². The highest BCUT2D eigenvalue weighted by Crippen LogP contribution is 2.16. The van der Waals surface area contributed by atoms with Gasteiger partial charge in [-0.2, -0.15) is 15.8 Å². The van der Waals surface area contributed by atoms with Gasteiger partial charge >= 0.3 is 0 Å². The van der Waals surface area contributed by atoms with Gasteiger partial charge in [0.05, 0.1) is 18.2 Å². The van der Waals surface area contributed by atoms with E-state index in [0.717, 1.165) is 25.7 Å². The zero-order chi connectivity index (χ0) is 10.6. The molecule has 0 radical (unpaired) electrons. The minimum Gasteiger partial charge on any atom is -0.198 e. The number of hydrogen-bond acceptors (Lipinski definition) is 3. The molecule has 0 aromatic carbocycles. The molecular weight excluding hydrogens is 174 g/mol. The van der Waals surface area contributed by atoms with Crippen molar-refractivity contribution in [2.24, 2.45) is 5.92 Å². The molecule has 0 aliphatic rings. The van der Waals surface area contributed by atoms with E-state index in [-0.39, 0.29) is 5.92 Å². The highest BCUT2D eigenvalue weighted by molar-refractivity contribution is 4.83. The van der Waals surface area contributed by atoms with Crippen molar-refractivity contribution in [1.29, 1.82) is 15.8 Å². The summed E-state index contributed by atoms with van der Waals surface area (Å²) in [7, 11) is 0. The molecule has 0 rings (SSSR count). The van der Waals surface area contributed by atoms with Crippen LogP contribution in [0.15, 0.2) is 0 Å². The third kappa shape index (κ3) is 7.14. The average molecular weight is 189 g/mol.